The summed E-state index contributed by atoms with van der Waals surface area (Å²) in [6, 6.07) is 10.9. The van der Waals surface area contributed by atoms with Gasteiger partial charge >= 0.3 is 0 Å². The van der Waals surface area contributed by atoms with E-state index in [1.165, 1.54) is 22.5 Å². The van der Waals surface area contributed by atoms with Crippen LogP contribution in [-0.4, -0.2) is 45.9 Å². The molecule has 0 spiro atoms. The predicted molar refractivity (Wildman–Crippen MR) is 119 cm³/mol. The van der Waals surface area contributed by atoms with Crippen LogP contribution >= 0.6 is 0 Å². The van der Waals surface area contributed by atoms with Gasteiger partial charge in [-0.15, -0.1) is 0 Å². The number of carbonyl (C=O) groups is 1. The summed E-state index contributed by atoms with van der Waals surface area (Å²) in [6.45, 7) is 2.32. The molecule has 1 fully saturated rings. The number of amides is 1. The van der Waals surface area contributed by atoms with E-state index in [9.17, 15) is 17.6 Å². The average Bonchev–Trinajstić information content (AvgIpc) is 2.80. The van der Waals surface area contributed by atoms with E-state index in [-0.39, 0.29) is 42.3 Å². The monoisotopic (exact) mass is 464 g/mol. The minimum absolute atomic E-state index is 0.131. The quantitative estimate of drug-likeness (QED) is 0.648. The van der Waals surface area contributed by atoms with Gasteiger partial charge in [0.1, 0.15) is 17.3 Å². The maximum absolute atomic E-state index is 13.9. The number of rotatable bonds is 8. The molecule has 1 N–H and O–H groups in total. The van der Waals surface area contributed by atoms with E-state index >= 15 is 0 Å². The first-order valence-corrected chi connectivity index (χ1v) is 12.1. The van der Waals surface area contributed by atoms with Crippen LogP contribution in [0.25, 0.3) is 0 Å². The van der Waals surface area contributed by atoms with Crippen molar-refractivity contribution in [1.29, 1.82) is 0 Å². The fraction of sp³-hybridized carbons (Fsp3) is 0.435. The molecule has 1 heterocycles. The van der Waals surface area contributed by atoms with Crippen molar-refractivity contribution in [3.8, 4) is 11.5 Å². The lowest BCUT2D eigenvalue weighted by molar-refractivity contribution is -0.126. The first-order valence-electron chi connectivity index (χ1n) is 10.5. The summed E-state index contributed by atoms with van der Waals surface area (Å²) in [5, 5.41) is 3.00. The molecule has 2 aromatic carbocycles. The van der Waals surface area contributed by atoms with Crippen LogP contribution in [0.15, 0.2) is 42.5 Å². The van der Waals surface area contributed by atoms with Gasteiger partial charge in [0.15, 0.2) is 0 Å². The molecule has 7 nitrogen and oxygen atoms in total. The number of sulfonamides is 1. The van der Waals surface area contributed by atoms with E-state index in [2.05, 4.69) is 5.32 Å². The Morgan fingerprint density at radius 3 is 2.47 bits per heavy atom. The van der Waals surface area contributed by atoms with Gasteiger partial charge in [0.2, 0.25) is 15.9 Å². The number of ether oxygens (including phenoxy) is 2. The molecular weight excluding hydrogens is 435 g/mol. The Hall–Kier alpha value is -2.65. The number of carbonyl (C=O) groups excluding carboxylic acids is 1. The molecule has 1 amide bonds. The number of nitrogens with one attached hydrogen (secondary N) is 1. The summed E-state index contributed by atoms with van der Waals surface area (Å²) in [6.07, 6.45) is 0.814. The number of nitrogens with zero attached hydrogens (tertiary/aromatic N) is 1. The van der Waals surface area contributed by atoms with E-state index < -0.39 is 15.8 Å². The lowest BCUT2D eigenvalue weighted by Crippen LogP contribution is -2.43. The number of benzene rings is 2. The van der Waals surface area contributed by atoms with Crippen molar-refractivity contribution in [2.24, 2.45) is 5.92 Å². The van der Waals surface area contributed by atoms with Crippen molar-refractivity contribution >= 4 is 15.9 Å². The second-order valence-electron chi connectivity index (χ2n) is 7.86. The Balaban J connectivity index is 1.59. The summed E-state index contributed by atoms with van der Waals surface area (Å²) in [7, 11) is -0.521. The van der Waals surface area contributed by atoms with Crippen LogP contribution in [0.2, 0.25) is 0 Å². The largest absolute Gasteiger partial charge is 0.497 e. The molecule has 0 saturated carbocycles. The molecule has 0 bridgehead atoms. The van der Waals surface area contributed by atoms with Crippen molar-refractivity contribution < 1.29 is 27.1 Å². The zero-order valence-corrected chi connectivity index (χ0v) is 19.3. The fourth-order valence-corrected chi connectivity index (χ4v) is 5.46. The van der Waals surface area contributed by atoms with E-state index in [4.69, 9.17) is 9.47 Å². The highest BCUT2D eigenvalue weighted by atomic mass is 32.2. The van der Waals surface area contributed by atoms with Gasteiger partial charge in [-0.3, -0.25) is 4.79 Å². The van der Waals surface area contributed by atoms with Crippen LogP contribution in [0.5, 0.6) is 11.5 Å². The van der Waals surface area contributed by atoms with Gasteiger partial charge in [-0.05, 0) is 44.0 Å². The Bertz CT molecular complexity index is 1050. The maximum atomic E-state index is 13.9. The molecule has 1 saturated heterocycles. The molecule has 174 valence electrons. The van der Waals surface area contributed by atoms with Crippen molar-refractivity contribution in [2.75, 3.05) is 27.3 Å². The molecule has 1 unspecified atom stereocenters. The lowest BCUT2D eigenvalue weighted by Gasteiger charge is -2.31. The smallest absolute Gasteiger partial charge is 0.223 e. The predicted octanol–water partition coefficient (Wildman–Crippen LogP) is 3.26. The Morgan fingerprint density at radius 1 is 1.16 bits per heavy atom. The third-order valence-electron chi connectivity index (χ3n) is 5.78. The highest BCUT2D eigenvalue weighted by Gasteiger charge is 2.32. The van der Waals surface area contributed by atoms with Gasteiger partial charge in [-0.2, -0.15) is 0 Å². The first-order chi connectivity index (χ1) is 15.2. The molecule has 1 aliphatic rings. The SMILES string of the molecule is COc1ccc(OC)c(C(C)NC(=O)C2CCN(S(=O)(=O)Cc3ccccc3F)CC2)c1. The second kappa shape index (κ2) is 10.3. The van der Waals surface area contributed by atoms with Gasteiger partial charge in [-0.1, -0.05) is 18.2 Å². The zero-order valence-electron chi connectivity index (χ0n) is 18.5. The molecular formula is C23H29FN2O5S. The third-order valence-corrected chi connectivity index (χ3v) is 7.60. The summed E-state index contributed by atoms with van der Waals surface area (Å²) in [5.74, 6) is -0.0406. The van der Waals surface area contributed by atoms with E-state index in [0.29, 0.717) is 24.3 Å². The van der Waals surface area contributed by atoms with Gasteiger partial charge in [0.05, 0.1) is 26.0 Å². The van der Waals surface area contributed by atoms with Gasteiger partial charge in [0.25, 0.3) is 0 Å². The lowest BCUT2D eigenvalue weighted by atomic mass is 9.96. The van der Waals surface area contributed by atoms with Crippen LogP contribution in [0.1, 0.15) is 36.9 Å². The Labute approximate surface area is 188 Å². The minimum Gasteiger partial charge on any atom is -0.497 e. The molecule has 1 aliphatic heterocycles. The van der Waals surface area contributed by atoms with Crippen LogP contribution < -0.4 is 14.8 Å². The van der Waals surface area contributed by atoms with Crippen molar-refractivity contribution in [1.82, 2.24) is 9.62 Å². The summed E-state index contributed by atoms with van der Waals surface area (Å²) >= 11 is 0. The summed E-state index contributed by atoms with van der Waals surface area (Å²) in [5.41, 5.74) is 0.943. The molecule has 0 radical (unpaired) electrons. The number of hydrogen-bond acceptors (Lipinski definition) is 5. The molecule has 32 heavy (non-hydrogen) atoms. The Kier molecular flexibility index (Phi) is 7.73. The standard InChI is InChI=1S/C23H29FN2O5S/c1-16(20-14-19(30-2)8-9-22(20)31-3)25-23(27)17-10-12-26(13-11-17)32(28,29)15-18-6-4-5-7-21(18)24/h4-9,14,16-17H,10-13,15H2,1-3H3,(H,25,27). The highest BCUT2D eigenvalue weighted by Crippen LogP contribution is 2.30. The van der Waals surface area contributed by atoms with Crippen LogP contribution in [0.4, 0.5) is 4.39 Å². The third kappa shape index (κ3) is 5.58. The first kappa shape index (κ1) is 24.0. The molecule has 2 aromatic rings. The Morgan fingerprint density at radius 2 is 1.84 bits per heavy atom. The normalized spacial score (nSPS) is 16.4. The zero-order chi connectivity index (χ0) is 23.3. The summed E-state index contributed by atoms with van der Waals surface area (Å²) in [4.78, 5) is 12.8. The number of piperidine rings is 1. The van der Waals surface area contributed by atoms with E-state index in [0.717, 1.165) is 5.56 Å². The number of hydrogen-bond donors (Lipinski definition) is 1. The van der Waals surface area contributed by atoms with Crippen LogP contribution in [0, 0.1) is 11.7 Å². The minimum atomic E-state index is -3.66. The number of methoxy groups -OCH3 is 2. The van der Waals surface area contributed by atoms with Crippen LogP contribution in [-0.2, 0) is 20.6 Å². The highest BCUT2D eigenvalue weighted by molar-refractivity contribution is 7.88. The fourth-order valence-electron chi connectivity index (χ4n) is 3.89. The topological polar surface area (TPSA) is 84.9 Å². The number of halogens is 1. The molecule has 3 rings (SSSR count). The molecule has 0 aliphatic carbocycles. The van der Waals surface area contributed by atoms with Gasteiger partial charge in [0, 0.05) is 30.1 Å². The molecule has 1 atom stereocenters. The van der Waals surface area contributed by atoms with Crippen molar-refractivity contribution in [3.63, 3.8) is 0 Å². The average molecular weight is 465 g/mol. The van der Waals surface area contributed by atoms with E-state index in [1.807, 2.05) is 13.0 Å². The maximum Gasteiger partial charge on any atom is 0.223 e. The second-order valence-corrected chi connectivity index (χ2v) is 9.83. The van der Waals surface area contributed by atoms with Crippen LogP contribution in [0.3, 0.4) is 0 Å². The van der Waals surface area contributed by atoms with Gasteiger partial charge < -0.3 is 14.8 Å². The van der Waals surface area contributed by atoms with Gasteiger partial charge in [-0.25, -0.2) is 17.1 Å². The van der Waals surface area contributed by atoms with Crippen molar-refractivity contribution in [3.05, 3.63) is 59.4 Å². The van der Waals surface area contributed by atoms with E-state index in [1.54, 1.807) is 32.4 Å². The van der Waals surface area contributed by atoms with Crippen molar-refractivity contribution in [2.45, 2.75) is 31.6 Å². The molecule has 9 heteroatoms. The molecule has 0 aromatic heterocycles. The summed E-state index contributed by atoms with van der Waals surface area (Å²) < 4.78 is 51.3.